The summed E-state index contributed by atoms with van der Waals surface area (Å²) in [5.74, 6) is 0.646. The summed E-state index contributed by atoms with van der Waals surface area (Å²) in [6.45, 7) is 2.87. The molecule has 4 rings (SSSR count). The first-order chi connectivity index (χ1) is 15.0. The van der Waals surface area contributed by atoms with E-state index in [2.05, 4.69) is 15.9 Å². The van der Waals surface area contributed by atoms with Gasteiger partial charge in [0.15, 0.2) is 0 Å². The van der Waals surface area contributed by atoms with Gasteiger partial charge < -0.3 is 9.64 Å². The Morgan fingerprint density at radius 1 is 1.10 bits per heavy atom. The van der Waals surface area contributed by atoms with Crippen LogP contribution in [0.3, 0.4) is 0 Å². The van der Waals surface area contributed by atoms with Gasteiger partial charge in [0, 0.05) is 29.8 Å². The van der Waals surface area contributed by atoms with Gasteiger partial charge in [0.1, 0.15) is 12.4 Å². The first-order valence-corrected chi connectivity index (χ1v) is 10.6. The standard InChI is InChI=1S/C24H19BrN2O4/c1-2-26-22-6-4-3-5-19(22)20(24(26)28)13-17-9-12-23(21(25)14-17)31-15-16-7-10-18(11-8-16)27(29)30/h3-14H,2,15H2,1H3/b20-13-. The van der Waals surface area contributed by atoms with Crippen LogP contribution >= 0.6 is 15.9 Å². The van der Waals surface area contributed by atoms with E-state index in [1.807, 2.05) is 55.5 Å². The molecule has 0 saturated carbocycles. The van der Waals surface area contributed by atoms with Crippen LogP contribution in [0.15, 0.2) is 71.2 Å². The number of rotatable bonds is 6. The van der Waals surface area contributed by atoms with Gasteiger partial charge in [-0.15, -0.1) is 0 Å². The fourth-order valence-electron chi connectivity index (χ4n) is 3.53. The maximum absolute atomic E-state index is 12.9. The van der Waals surface area contributed by atoms with E-state index in [0.29, 0.717) is 17.9 Å². The number of halogens is 1. The largest absolute Gasteiger partial charge is 0.488 e. The Labute approximate surface area is 188 Å². The molecular weight excluding hydrogens is 460 g/mol. The summed E-state index contributed by atoms with van der Waals surface area (Å²) in [5, 5.41) is 10.8. The van der Waals surface area contributed by atoms with Crippen LogP contribution in [0.4, 0.5) is 11.4 Å². The number of carbonyl (C=O) groups is 1. The van der Waals surface area contributed by atoms with Gasteiger partial charge >= 0.3 is 0 Å². The predicted molar refractivity (Wildman–Crippen MR) is 124 cm³/mol. The molecule has 1 aliphatic heterocycles. The number of nitro benzene ring substituents is 1. The number of para-hydroxylation sites is 1. The summed E-state index contributed by atoms with van der Waals surface area (Å²) >= 11 is 3.53. The number of anilines is 1. The van der Waals surface area contributed by atoms with Crippen molar-refractivity contribution in [1.29, 1.82) is 0 Å². The molecule has 0 unspecified atom stereocenters. The molecule has 0 spiro atoms. The number of non-ortho nitro benzene ring substituents is 1. The lowest BCUT2D eigenvalue weighted by Gasteiger charge is -2.13. The lowest BCUT2D eigenvalue weighted by molar-refractivity contribution is -0.384. The Balaban J connectivity index is 1.53. The molecule has 0 aliphatic carbocycles. The Morgan fingerprint density at radius 3 is 2.52 bits per heavy atom. The molecule has 0 N–H and O–H groups in total. The number of nitrogens with zero attached hydrogens (tertiary/aromatic N) is 2. The van der Waals surface area contributed by atoms with Crippen LogP contribution in [-0.4, -0.2) is 17.4 Å². The maximum Gasteiger partial charge on any atom is 0.269 e. The molecule has 1 heterocycles. The number of benzene rings is 3. The second-order valence-corrected chi connectivity index (χ2v) is 7.88. The lowest BCUT2D eigenvalue weighted by Crippen LogP contribution is -2.25. The van der Waals surface area contributed by atoms with Crippen LogP contribution in [0.5, 0.6) is 5.75 Å². The molecule has 3 aromatic rings. The van der Waals surface area contributed by atoms with E-state index < -0.39 is 4.92 Å². The number of nitro groups is 1. The Kier molecular flexibility index (Phi) is 5.86. The molecule has 3 aromatic carbocycles. The summed E-state index contributed by atoms with van der Waals surface area (Å²) in [7, 11) is 0. The molecule has 0 aromatic heterocycles. The molecule has 6 nitrogen and oxygen atoms in total. The van der Waals surface area contributed by atoms with Crippen LogP contribution in [0.25, 0.3) is 11.6 Å². The summed E-state index contributed by atoms with van der Waals surface area (Å²) in [5.41, 5.74) is 4.30. The predicted octanol–water partition coefficient (Wildman–Crippen LogP) is 5.84. The highest BCUT2D eigenvalue weighted by Gasteiger charge is 2.30. The quantitative estimate of drug-likeness (QED) is 0.253. The zero-order chi connectivity index (χ0) is 22.0. The average molecular weight is 479 g/mol. The summed E-state index contributed by atoms with van der Waals surface area (Å²) in [6, 6.07) is 19.7. The van der Waals surface area contributed by atoms with E-state index >= 15 is 0 Å². The third kappa shape index (κ3) is 4.22. The molecule has 1 amide bonds. The lowest BCUT2D eigenvalue weighted by atomic mass is 10.0. The normalized spacial score (nSPS) is 14.1. The summed E-state index contributed by atoms with van der Waals surface area (Å²) in [4.78, 5) is 25.0. The number of likely N-dealkylation sites (N-methyl/N-ethyl adjacent to an activating group) is 1. The van der Waals surface area contributed by atoms with Gasteiger partial charge in [-0.05, 0) is 70.4 Å². The molecule has 1 aliphatic rings. The third-order valence-corrected chi connectivity index (χ3v) is 5.70. The first-order valence-electron chi connectivity index (χ1n) is 9.76. The van der Waals surface area contributed by atoms with Gasteiger partial charge in [-0.25, -0.2) is 0 Å². The zero-order valence-electron chi connectivity index (χ0n) is 16.7. The van der Waals surface area contributed by atoms with Crippen LogP contribution in [0, 0.1) is 10.1 Å². The highest BCUT2D eigenvalue weighted by Crippen LogP contribution is 2.38. The molecule has 156 valence electrons. The molecule has 0 radical (unpaired) electrons. The van der Waals surface area contributed by atoms with E-state index in [1.165, 1.54) is 12.1 Å². The monoisotopic (exact) mass is 478 g/mol. The number of hydrogen-bond donors (Lipinski definition) is 0. The van der Waals surface area contributed by atoms with Crippen molar-refractivity contribution in [2.75, 3.05) is 11.4 Å². The number of hydrogen-bond acceptors (Lipinski definition) is 4. The molecular formula is C24H19BrN2O4. The number of amides is 1. The van der Waals surface area contributed by atoms with E-state index in [4.69, 9.17) is 4.74 Å². The minimum atomic E-state index is -0.429. The minimum absolute atomic E-state index is 0.00156. The van der Waals surface area contributed by atoms with Crippen molar-refractivity contribution < 1.29 is 14.5 Å². The number of fused-ring (bicyclic) bond motifs is 1. The van der Waals surface area contributed by atoms with Crippen molar-refractivity contribution in [3.63, 3.8) is 0 Å². The van der Waals surface area contributed by atoms with Crippen molar-refractivity contribution >= 4 is 44.9 Å². The van der Waals surface area contributed by atoms with Gasteiger partial charge in [0.25, 0.3) is 11.6 Å². The molecule has 0 saturated heterocycles. The second-order valence-electron chi connectivity index (χ2n) is 7.03. The topological polar surface area (TPSA) is 72.7 Å². The summed E-state index contributed by atoms with van der Waals surface area (Å²) < 4.78 is 6.61. The molecule has 0 fully saturated rings. The SMILES string of the molecule is CCN1C(=O)/C(=C\c2ccc(OCc3ccc([N+](=O)[O-])cc3)c(Br)c2)c2ccccc21. The van der Waals surface area contributed by atoms with Crippen LogP contribution in [0.2, 0.25) is 0 Å². The zero-order valence-corrected chi connectivity index (χ0v) is 18.3. The molecule has 0 atom stereocenters. The van der Waals surface area contributed by atoms with Crippen molar-refractivity contribution in [2.45, 2.75) is 13.5 Å². The Hall–Kier alpha value is -3.45. The van der Waals surface area contributed by atoms with Crippen molar-refractivity contribution in [2.24, 2.45) is 0 Å². The minimum Gasteiger partial charge on any atom is -0.488 e. The van der Waals surface area contributed by atoms with E-state index in [9.17, 15) is 14.9 Å². The fraction of sp³-hybridized carbons (Fsp3) is 0.125. The third-order valence-electron chi connectivity index (χ3n) is 5.09. The van der Waals surface area contributed by atoms with Crippen LogP contribution in [0.1, 0.15) is 23.6 Å². The van der Waals surface area contributed by atoms with Gasteiger partial charge in [-0.2, -0.15) is 0 Å². The van der Waals surface area contributed by atoms with E-state index in [1.54, 1.807) is 17.0 Å². The summed E-state index contributed by atoms with van der Waals surface area (Å²) in [6.07, 6.45) is 1.89. The maximum atomic E-state index is 12.9. The van der Waals surface area contributed by atoms with Gasteiger partial charge in [-0.1, -0.05) is 24.3 Å². The number of carbonyl (C=O) groups excluding carboxylic acids is 1. The van der Waals surface area contributed by atoms with Gasteiger partial charge in [-0.3, -0.25) is 14.9 Å². The van der Waals surface area contributed by atoms with Crippen molar-refractivity contribution in [3.8, 4) is 5.75 Å². The molecule has 31 heavy (non-hydrogen) atoms. The smallest absolute Gasteiger partial charge is 0.269 e. The van der Waals surface area contributed by atoms with Crippen LogP contribution in [-0.2, 0) is 11.4 Å². The van der Waals surface area contributed by atoms with Gasteiger partial charge in [0.2, 0.25) is 0 Å². The van der Waals surface area contributed by atoms with E-state index in [-0.39, 0.29) is 18.2 Å². The highest BCUT2D eigenvalue weighted by molar-refractivity contribution is 9.10. The highest BCUT2D eigenvalue weighted by atomic mass is 79.9. The second kappa shape index (κ2) is 8.73. The van der Waals surface area contributed by atoms with E-state index in [0.717, 1.165) is 26.9 Å². The Morgan fingerprint density at radius 2 is 1.84 bits per heavy atom. The fourth-order valence-corrected chi connectivity index (χ4v) is 4.04. The number of ether oxygens (including phenoxy) is 1. The average Bonchev–Trinajstić information content (AvgIpc) is 3.04. The first kappa shape index (κ1) is 20.8. The van der Waals surface area contributed by atoms with Crippen molar-refractivity contribution in [3.05, 3.63) is 98.0 Å². The molecule has 0 bridgehead atoms. The van der Waals surface area contributed by atoms with Crippen LogP contribution < -0.4 is 9.64 Å². The molecule has 7 heteroatoms. The van der Waals surface area contributed by atoms with Crippen molar-refractivity contribution in [1.82, 2.24) is 0 Å². The van der Waals surface area contributed by atoms with Gasteiger partial charge in [0.05, 0.1) is 15.1 Å². The Bertz CT molecular complexity index is 1190.